The lowest BCUT2D eigenvalue weighted by atomic mass is 10.1. The molecule has 0 radical (unpaired) electrons. The Balaban J connectivity index is 1.58. The lowest BCUT2D eigenvalue weighted by molar-refractivity contribution is -0.147. The van der Waals surface area contributed by atoms with E-state index in [9.17, 15) is 23.2 Å². The number of amides is 1. The Morgan fingerprint density at radius 3 is 2.48 bits per heavy atom. The van der Waals surface area contributed by atoms with Crippen LogP contribution in [0.1, 0.15) is 22.3 Å². The first-order valence-electron chi connectivity index (χ1n) is 8.37. The number of ether oxygens (including phenoxy) is 1. The number of anilines is 1. The van der Waals surface area contributed by atoms with Gasteiger partial charge in [0.1, 0.15) is 0 Å². The van der Waals surface area contributed by atoms with Crippen molar-refractivity contribution in [2.24, 2.45) is 5.92 Å². The van der Waals surface area contributed by atoms with E-state index in [1.165, 1.54) is 4.90 Å². The van der Waals surface area contributed by atoms with E-state index in [2.05, 4.69) is 0 Å². The molecular weight excluding hydrogens is 356 g/mol. The molecule has 1 aliphatic rings. The molecule has 0 bridgehead atoms. The SMILES string of the molecule is Cc1ccc(N2C[C@H](C(=O)OCC(=O)c3ccc(F)c(F)c3)CC2=O)cc1. The quantitative estimate of drug-likeness (QED) is 0.597. The number of carbonyl (C=O) groups excluding carboxylic acids is 3. The van der Waals surface area contributed by atoms with Crippen molar-refractivity contribution < 1.29 is 27.9 Å². The minimum Gasteiger partial charge on any atom is -0.457 e. The van der Waals surface area contributed by atoms with Crippen molar-refractivity contribution in [1.82, 2.24) is 0 Å². The third-order valence-corrected chi connectivity index (χ3v) is 4.39. The summed E-state index contributed by atoms with van der Waals surface area (Å²) in [6, 6.07) is 10.0. The predicted molar refractivity (Wildman–Crippen MR) is 93.3 cm³/mol. The number of hydrogen-bond donors (Lipinski definition) is 0. The van der Waals surface area contributed by atoms with Crippen LogP contribution < -0.4 is 4.90 Å². The molecule has 2 aromatic rings. The third kappa shape index (κ3) is 4.19. The zero-order valence-corrected chi connectivity index (χ0v) is 14.6. The van der Waals surface area contributed by atoms with Crippen LogP contribution in [0.2, 0.25) is 0 Å². The Hall–Kier alpha value is -3.09. The van der Waals surface area contributed by atoms with Gasteiger partial charge in [-0.05, 0) is 37.3 Å². The van der Waals surface area contributed by atoms with Crippen LogP contribution in [0, 0.1) is 24.5 Å². The Morgan fingerprint density at radius 1 is 1.11 bits per heavy atom. The van der Waals surface area contributed by atoms with Gasteiger partial charge in [0.15, 0.2) is 24.0 Å². The predicted octanol–water partition coefficient (Wildman–Crippen LogP) is 3.05. The maximum absolute atomic E-state index is 13.2. The number of rotatable bonds is 5. The summed E-state index contributed by atoms with van der Waals surface area (Å²) in [6.07, 6.45) is -0.00786. The summed E-state index contributed by atoms with van der Waals surface area (Å²) in [4.78, 5) is 37.8. The van der Waals surface area contributed by atoms with Gasteiger partial charge in [-0.1, -0.05) is 17.7 Å². The molecule has 1 aliphatic heterocycles. The summed E-state index contributed by atoms with van der Waals surface area (Å²) in [5.41, 5.74) is 1.65. The lowest BCUT2D eigenvalue weighted by Crippen LogP contribution is -2.27. The first kappa shape index (κ1) is 18.7. The fraction of sp³-hybridized carbons (Fsp3) is 0.250. The van der Waals surface area contributed by atoms with Crippen LogP contribution in [0.15, 0.2) is 42.5 Å². The molecule has 1 atom stereocenters. The Labute approximate surface area is 154 Å². The molecule has 0 aliphatic carbocycles. The lowest BCUT2D eigenvalue weighted by Gasteiger charge is -2.16. The van der Waals surface area contributed by atoms with E-state index in [0.717, 1.165) is 23.8 Å². The van der Waals surface area contributed by atoms with Gasteiger partial charge in [-0.2, -0.15) is 0 Å². The van der Waals surface area contributed by atoms with Gasteiger partial charge in [-0.15, -0.1) is 0 Å². The van der Waals surface area contributed by atoms with E-state index in [-0.39, 0.29) is 24.4 Å². The van der Waals surface area contributed by atoms with E-state index >= 15 is 0 Å². The number of carbonyl (C=O) groups is 3. The number of ketones is 1. The first-order chi connectivity index (χ1) is 12.8. The van der Waals surface area contributed by atoms with Crippen molar-refractivity contribution in [3.05, 3.63) is 65.2 Å². The van der Waals surface area contributed by atoms with Gasteiger partial charge in [0, 0.05) is 24.2 Å². The van der Waals surface area contributed by atoms with Crippen LogP contribution in [0.25, 0.3) is 0 Å². The molecule has 7 heteroatoms. The normalized spacial score (nSPS) is 16.5. The molecule has 5 nitrogen and oxygen atoms in total. The number of nitrogens with zero attached hydrogens (tertiary/aromatic N) is 1. The summed E-state index contributed by atoms with van der Waals surface area (Å²) >= 11 is 0. The maximum Gasteiger partial charge on any atom is 0.311 e. The van der Waals surface area contributed by atoms with Crippen LogP contribution in [-0.2, 0) is 14.3 Å². The number of aryl methyl sites for hydroxylation is 1. The molecule has 0 saturated carbocycles. The molecule has 2 aromatic carbocycles. The second kappa shape index (κ2) is 7.65. The summed E-state index contributed by atoms with van der Waals surface area (Å²) in [5.74, 6) is -4.42. The molecule has 1 saturated heterocycles. The number of hydrogen-bond acceptors (Lipinski definition) is 4. The van der Waals surface area contributed by atoms with Gasteiger partial charge in [0.05, 0.1) is 5.92 Å². The van der Waals surface area contributed by atoms with Crippen LogP contribution in [0.3, 0.4) is 0 Å². The highest BCUT2D eigenvalue weighted by molar-refractivity contribution is 6.01. The maximum atomic E-state index is 13.2. The molecule has 0 spiro atoms. The number of Topliss-reactive ketones (excluding diaryl/α,β-unsaturated/α-hetero) is 1. The summed E-state index contributed by atoms with van der Waals surface area (Å²) in [5, 5.41) is 0. The fourth-order valence-corrected chi connectivity index (χ4v) is 2.85. The monoisotopic (exact) mass is 373 g/mol. The van der Waals surface area contributed by atoms with Gasteiger partial charge in [-0.3, -0.25) is 14.4 Å². The van der Waals surface area contributed by atoms with Crippen molar-refractivity contribution in [3.63, 3.8) is 0 Å². The standard InChI is InChI=1S/C20H17F2NO4/c1-12-2-5-15(6-3-12)23-10-14(9-19(23)25)20(26)27-11-18(24)13-4-7-16(21)17(22)8-13/h2-8,14H,9-11H2,1H3/t14-/m1/s1. The molecule has 1 heterocycles. The number of benzene rings is 2. The van der Waals surface area contributed by atoms with Crippen LogP contribution in [0.4, 0.5) is 14.5 Å². The Kier molecular flexibility index (Phi) is 5.30. The van der Waals surface area contributed by atoms with Crippen LogP contribution >= 0.6 is 0 Å². The van der Waals surface area contributed by atoms with Gasteiger partial charge in [0.25, 0.3) is 0 Å². The highest BCUT2D eigenvalue weighted by atomic mass is 19.2. The largest absolute Gasteiger partial charge is 0.457 e. The van der Waals surface area contributed by atoms with Crippen molar-refractivity contribution in [1.29, 1.82) is 0 Å². The van der Waals surface area contributed by atoms with E-state index in [1.54, 1.807) is 12.1 Å². The van der Waals surface area contributed by atoms with Crippen molar-refractivity contribution in [2.75, 3.05) is 18.1 Å². The van der Waals surface area contributed by atoms with Crippen molar-refractivity contribution >= 4 is 23.3 Å². The highest BCUT2D eigenvalue weighted by Crippen LogP contribution is 2.26. The van der Waals surface area contributed by atoms with E-state index in [0.29, 0.717) is 5.69 Å². The average molecular weight is 373 g/mol. The molecule has 27 heavy (non-hydrogen) atoms. The number of halogens is 2. The van der Waals surface area contributed by atoms with Gasteiger partial charge in [0.2, 0.25) is 5.91 Å². The van der Waals surface area contributed by atoms with E-state index < -0.39 is 35.9 Å². The van der Waals surface area contributed by atoms with Crippen molar-refractivity contribution in [2.45, 2.75) is 13.3 Å². The smallest absolute Gasteiger partial charge is 0.311 e. The first-order valence-corrected chi connectivity index (χ1v) is 8.37. The van der Waals surface area contributed by atoms with E-state index in [1.807, 2.05) is 19.1 Å². The van der Waals surface area contributed by atoms with E-state index in [4.69, 9.17) is 4.74 Å². The van der Waals surface area contributed by atoms with Gasteiger partial charge in [-0.25, -0.2) is 8.78 Å². The minimum atomic E-state index is -1.15. The second-order valence-electron chi connectivity index (χ2n) is 6.40. The minimum absolute atomic E-state index is 0.00786. The second-order valence-corrected chi connectivity index (χ2v) is 6.40. The van der Waals surface area contributed by atoms with Crippen LogP contribution in [-0.4, -0.2) is 30.8 Å². The molecule has 0 aromatic heterocycles. The molecule has 0 unspecified atom stereocenters. The molecular formula is C20H17F2NO4. The van der Waals surface area contributed by atoms with Crippen molar-refractivity contribution in [3.8, 4) is 0 Å². The molecule has 1 fully saturated rings. The average Bonchev–Trinajstić information content (AvgIpc) is 3.04. The topological polar surface area (TPSA) is 63.7 Å². The zero-order chi connectivity index (χ0) is 19.6. The van der Waals surface area contributed by atoms with Gasteiger partial charge < -0.3 is 9.64 Å². The Morgan fingerprint density at radius 2 is 1.81 bits per heavy atom. The summed E-state index contributed by atoms with van der Waals surface area (Å²) < 4.78 is 31.1. The third-order valence-electron chi connectivity index (χ3n) is 4.39. The number of esters is 1. The molecule has 140 valence electrons. The summed E-state index contributed by atoms with van der Waals surface area (Å²) in [6.45, 7) is 1.50. The van der Waals surface area contributed by atoms with Crippen LogP contribution in [0.5, 0.6) is 0 Å². The molecule has 0 N–H and O–H groups in total. The summed E-state index contributed by atoms with van der Waals surface area (Å²) in [7, 11) is 0. The van der Waals surface area contributed by atoms with Gasteiger partial charge >= 0.3 is 5.97 Å². The Bertz CT molecular complexity index is 895. The fourth-order valence-electron chi connectivity index (χ4n) is 2.85. The molecule has 3 rings (SSSR count). The zero-order valence-electron chi connectivity index (χ0n) is 14.6. The highest BCUT2D eigenvalue weighted by Gasteiger charge is 2.36. The molecule has 1 amide bonds.